The van der Waals surface area contributed by atoms with Crippen LogP contribution in [0.1, 0.15) is 55.3 Å². The Labute approximate surface area is 167 Å². The smallest absolute Gasteiger partial charge is 0.251 e. The van der Waals surface area contributed by atoms with Crippen LogP contribution in [0.3, 0.4) is 0 Å². The summed E-state index contributed by atoms with van der Waals surface area (Å²) in [5, 5.41) is 2.62. The molecule has 0 aliphatic heterocycles. The predicted molar refractivity (Wildman–Crippen MR) is 109 cm³/mol. The fraction of sp³-hybridized carbons (Fsp3) is 0.636. The van der Waals surface area contributed by atoms with Crippen molar-refractivity contribution in [1.29, 1.82) is 0 Å². The Hall–Kier alpha value is -2.08. The van der Waals surface area contributed by atoms with Gasteiger partial charge < -0.3 is 20.7 Å². The minimum absolute atomic E-state index is 0.107. The molecule has 0 bridgehead atoms. The van der Waals surface area contributed by atoms with E-state index >= 15 is 0 Å². The van der Waals surface area contributed by atoms with Crippen LogP contribution in [0, 0.1) is 11.8 Å². The first kappa shape index (κ1) is 20.6. The molecule has 2 amide bonds. The molecule has 154 valence electrons. The van der Waals surface area contributed by atoms with Crippen molar-refractivity contribution in [2.24, 2.45) is 17.6 Å². The van der Waals surface area contributed by atoms with Crippen molar-refractivity contribution >= 4 is 11.8 Å². The van der Waals surface area contributed by atoms with Gasteiger partial charge in [-0.2, -0.15) is 0 Å². The highest BCUT2D eigenvalue weighted by atomic mass is 16.5. The first-order chi connectivity index (χ1) is 13.5. The van der Waals surface area contributed by atoms with Crippen LogP contribution in [0.15, 0.2) is 24.3 Å². The average Bonchev–Trinajstić information content (AvgIpc) is 2.69. The molecule has 3 N–H and O–H groups in total. The molecular formula is C22H33N3O3. The highest BCUT2D eigenvalue weighted by molar-refractivity contribution is 5.94. The molecule has 1 atom stereocenters. The summed E-state index contributed by atoms with van der Waals surface area (Å²) in [5.74, 6) is 1.44. The minimum Gasteiger partial charge on any atom is -0.493 e. The Kier molecular flexibility index (Phi) is 6.94. The molecular weight excluding hydrogens is 354 g/mol. The van der Waals surface area contributed by atoms with Crippen molar-refractivity contribution in [2.45, 2.75) is 57.0 Å². The van der Waals surface area contributed by atoms with E-state index in [1.165, 1.54) is 6.42 Å². The number of amides is 2. The Morgan fingerprint density at radius 3 is 2.54 bits per heavy atom. The molecule has 0 aromatic heterocycles. The molecule has 0 saturated heterocycles. The summed E-state index contributed by atoms with van der Waals surface area (Å²) in [6.45, 7) is 0.634. The lowest BCUT2D eigenvalue weighted by molar-refractivity contribution is -0.136. The molecule has 28 heavy (non-hydrogen) atoms. The van der Waals surface area contributed by atoms with Gasteiger partial charge in [0.2, 0.25) is 5.91 Å². The largest absolute Gasteiger partial charge is 0.493 e. The number of nitrogens with one attached hydrogen (secondary N) is 1. The van der Waals surface area contributed by atoms with E-state index in [0.29, 0.717) is 24.1 Å². The second kappa shape index (κ2) is 9.41. The highest BCUT2D eigenvalue weighted by Gasteiger charge is 2.34. The summed E-state index contributed by atoms with van der Waals surface area (Å²) in [6.07, 6.45) is 7.42. The zero-order valence-electron chi connectivity index (χ0n) is 17.0. The predicted octanol–water partition coefficient (Wildman–Crippen LogP) is 2.57. The molecule has 1 aromatic carbocycles. The van der Waals surface area contributed by atoms with Crippen LogP contribution in [0.2, 0.25) is 0 Å². The van der Waals surface area contributed by atoms with E-state index in [2.05, 4.69) is 5.32 Å². The summed E-state index contributed by atoms with van der Waals surface area (Å²) in [7, 11) is 3.52. The number of benzene rings is 1. The molecule has 2 fully saturated rings. The summed E-state index contributed by atoms with van der Waals surface area (Å²) in [5.41, 5.74) is 6.92. The SMILES string of the molecule is CNC(=O)c1cccc(OCC2CCC([C@H](N)C(=O)N(C)C3CCC3)CC2)c1. The number of nitrogens with two attached hydrogens (primary N) is 1. The number of hydrogen-bond donors (Lipinski definition) is 2. The average molecular weight is 388 g/mol. The number of hydrogen-bond acceptors (Lipinski definition) is 4. The van der Waals surface area contributed by atoms with E-state index in [1.807, 2.05) is 24.1 Å². The van der Waals surface area contributed by atoms with Gasteiger partial charge in [-0.15, -0.1) is 0 Å². The fourth-order valence-electron chi connectivity index (χ4n) is 4.19. The van der Waals surface area contributed by atoms with Crippen LogP contribution in [-0.4, -0.2) is 49.5 Å². The third-order valence-corrected chi connectivity index (χ3v) is 6.46. The monoisotopic (exact) mass is 387 g/mol. The third-order valence-electron chi connectivity index (χ3n) is 6.46. The second-order valence-electron chi connectivity index (χ2n) is 8.26. The minimum atomic E-state index is -0.378. The number of likely N-dealkylation sites (N-methyl/N-ethyl adjacent to an activating group) is 1. The number of nitrogens with zero attached hydrogens (tertiary/aromatic N) is 1. The Balaban J connectivity index is 1.44. The zero-order chi connectivity index (χ0) is 20.1. The molecule has 2 aliphatic rings. The van der Waals surface area contributed by atoms with Gasteiger partial charge in [0.25, 0.3) is 5.91 Å². The summed E-state index contributed by atoms with van der Waals surface area (Å²) < 4.78 is 5.93. The van der Waals surface area contributed by atoms with Crippen molar-refractivity contribution in [1.82, 2.24) is 10.2 Å². The van der Waals surface area contributed by atoms with Crippen LogP contribution >= 0.6 is 0 Å². The standard InChI is InChI=1S/C22H33N3O3/c1-24-21(26)17-5-3-8-19(13-17)28-14-15-9-11-16(12-10-15)20(23)22(27)25(2)18-6-4-7-18/h3,5,8,13,15-16,18,20H,4,6-7,9-12,14,23H2,1-2H3,(H,24,26)/t15?,16?,20-/m0/s1. The molecule has 2 aliphatic carbocycles. The lowest BCUT2D eigenvalue weighted by Gasteiger charge is -2.38. The molecule has 0 radical (unpaired) electrons. The summed E-state index contributed by atoms with van der Waals surface area (Å²) in [6, 6.07) is 7.28. The summed E-state index contributed by atoms with van der Waals surface area (Å²) >= 11 is 0. The maximum atomic E-state index is 12.6. The Morgan fingerprint density at radius 1 is 1.21 bits per heavy atom. The van der Waals surface area contributed by atoms with Crippen molar-refractivity contribution in [2.75, 3.05) is 20.7 Å². The van der Waals surface area contributed by atoms with Crippen LogP contribution in [-0.2, 0) is 4.79 Å². The molecule has 0 heterocycles. The number of carbonyl (C=O) groups is 2. The van der Waals surface area contributed by atoms with E-state index in [4.69, 9.17) is 10.5 Å². The fourth-order valence-corrected chi connectivity index (χ4v) is 4.19. The van der Waals surface area contributed by atoms with Gasteiger partial charge in [0.05, 0.1) is 12.6 Å². The molecule has 0 unspecified atom stereocenters. The molecule has 1 aromatic rings. The summed E-state index contributed by atoms with van der Waals surface area (Å²) in [4.78, 5) is 26.2. The van der Waals surface area contributed by atoms with Gasteiger partial charge in [0.1, 0.15) is 5.75 Å². The van der Waals surface area contributed by atoms with Crippen molar-refractivity contribution in [3.05, 3.63) is 29.8 Å². The van der Waals surface area contributed by atoms with Gasteiger partial charge in [-0.25, -0.2) is 0 Å². The van der Waals surface area contributed by atoms with E-state index in [1.54, 1.807) is 19.2 Å². The first-order valence-corrected chi connectivity index (χ1v) is 10.5. The van der Waals surface area contributed by atoms with Crippen LogP contribution in [0.25, 0.3) is 0 Å². The maximum absolute atomic E-state index is 12.6. The number of ether oxygens (including phenoxy) is 1. The Morgan fingerprint density at radius 2 is 1.93 bits per heavy atom. The van der Waals surface area contributed by atoms with Crippen LogP contribution in [0.4, 0.5) is 0 Å². The Bertz CT molecular complexity index is 681. The topological polar surface area (TPSA) is 84.7 Å². The van der Waals surface area contributed by atoms with Gasteiger partial charge in [-0.3, -0.25) is 9.59 Å². The number of carbonyl (C=O) groups excluding carboxylic acids is 2. The van der Waals surface area contributed by atoms with Crippen molar-refractivity contribution in [3.8, 4) is 5.75 Å². The lowest BCUT2D eigenvalue weighted by atomic mass is 9.78. The van der Waals surface area contributed by atoms with Gasteiger partial charge >= 0.3 is 0 Å². The van der Waals surface area contributed by atoms with Gasteiger partial charge in [-0.05, 0) is 75.0 Å². The van der Waals surface area contributed by atoms with E-state index in [9.17, 15) is 9.59 Å². The molecule has 3 rings (SSSR count). The molecule has 6 heteroatoms. The van der Waals surface area contributed by atoms with E-state index < -0.39 is 0 Å². The van der Waals surface area contributed by atoms with Crippen LogP contribution < -0.4 is 15.8 Å². The van der Waals surface area contributed by atoms with Gasteiger partial charge in [0, 0.05) is 25.7 Å². The second-order valence-corrected chi connectivity index (χ2v) is 8.26. The normalized spacial score (nSPS) is 23.4. The molecule has 2 saturated carbocycles. The molecule has 0 spiro atoms. The quantitative estimate of drug-likeness (QED) is 0.753. The maximum Gasteiger partial charge on any atom is 0.251 e. The van der Waals surface area contributed by atoms with E-state index in [0.717, 1.165) is 44.3 Å². The molecule has 6 nitrogen and oxygen atoms in total. The highest BCUT2D eigenvalue weighted by Crippen LogP contribution is 2.32. The number of rotatable bonds is 7. The third kappa shape index (κ3) is 4.85. The van der Waals surface area contributed by atoms with Gasteiger partial charge in [-0.1, -0.05) is 6.07 Å². The van der Waals surface area contributed by atoms with Crippen LogP contribution in [0.5, 0.6) is 5.75 Å². The van der Waals surface area contributed by atoms with Gasteiger partial charge in [0.15, 0.2) is 0 Å². The van der Waals surface area contributed by atoms with Crippen molar-refractivity contribution < 1.29 is 14.3 Å². The first-order valence-electron chi connectivity index (χ1n) is 10.5. The van der Waals surface area contributed by atoms with E-state index in [-0.39, 0.29) is 23.8 Å². The lowest BCUT2D eigenvalue weighted by Crippen LogP contribution is -2.52. The zero-order valence-corrected chi connectivity index (χ0v) is 17.0. The van der Waals surface area contributed by atoms with Crippen molar-refractivity contribution in [3.63, 3.8) is 0 Å².